The Morgan fingerprint density at radius 1 is 1.29 bits per heavy atom. The molecule has 2 heterocycles. The van der Waals surface area contributed by atoms with Crippen LogP contribution in [0.2, 0.25) is 6.32 Å². The fourth-order valence-electron chi connectivity index (χ4n) is 2.35. The van der Waals surface area contributed by atoms with Gasteiger partial charge in [-0.05, 0) is 53.4 Å². The maximum absolute atomic E-state index is 10.1. The van der Waals surface area contributed by atoms with Gasteiger partial charge in [-0.15, -0.1) is 0 Å². The number of hydrogen-bond acceptors (Lipinski definition) is 4. The van der Waals surface area contributed by atoms with Gasteiger partial charge in [-0.2, -0.15) is 0 Å². The molecule has 0 spiro atoms. The predicted molar refractivity (Wildman–Crippen MR) is 84.5 cm³/mol. The van der Waals surface area contributed by atoms with E-state index in [0.29, 0.717) is 0 Å². The van der Waals surface area contributed by atoms with Crippen LogP contribution < -0.4 is 5.32 Å². The van der Waals surface area contributed by atoms with Crippen molar-refractivity contribution in [1.29, 1.82) is 0 Å². The van der Waals surface area contributed by atoms with E-state index < -0.39 is 5.97 Å². The number of hydrogen-bond donors (Lipinski definition) is 2. The van der Waals surface area contributed by atoms with Crippen LogP contribution in [-0.4, -0.2) is 42.0 Å². The zero-order valence-electron chi connectivity index (χ0n) is 14.1. The number of aliphatic carboxylic acids is 1. The first-order valence-electron chi connectivity index (χ1n) is 8.01. The van der Waals surface area contributed by atoms with Gasteiger partial charge in [0.2, 0.25) is 0 Å². The third-order valence-electron chi connectivity index (χ3n) is 4.45. The molecular formula is C15H30BNO4. The van der Waals surface area contributed by atoms with Crippen LogP contribution in [0.25, 0.3) is 0 Å². The lowest BCUT2D eigenvalue weighted by Crippen LogP contribution is -2.41. The molecule has 2 N–H and O–H groups in total. The van der Waals surface area contributed by atoms with Crippen molar-refractivity contribution in [2.24, 2.45) is 0 Å². The SMILES string of the molecule is CCCCB1OC(C)(C)C(C)(C)O1.O=C(O)C1CCCN1. The number of rotatable bonds is 4. The van der Waals surface area contributed by atoms with Gasteiger partial charge < -0.3 is 19.7 Å². The maximum Gasteiger partial charge on any atom is 0.457 e. The zero-order chi connectivity index (χ0) is 16.1. The Hall–Kier alpha value is -0.585. The van der Waals surface area contributed by atoms with E-state index in [-0.39, 0.29) is 24.4 Å². The quantitative estimate of drug-likeness (QED) is 0.781. The van der Waals surface area contributed by atoms with Gasteiger partial charge in [0.05, 0.1) is 11.2 Å². The molecule has 0 aliphatic carbocycles. The van der Waals surface area contributed by atoms with Crippen LogP contribution in [0.5, 0.6) is 0 Å². The molecule has 0 aromatic carbocycles. The monoisotopic (exact) mass is 299 g/mol. The summed E-state index contributed by atoms with van der Waals surface area (Å²) in [6, 6.07) is -0.269. The van der Waals surface area contributed by atoms with Crippen molar-refractivity contribution < 1.29 is 19.2 Å². The molecule has 5 nitrogen and oxygen atoms in total. The highest BCUT2D eigenvalue weighted by molar-refractivity contribution is 6.45. The standard InChI is InChI=1S/C10H21BO2.C5H9NO2/c1-6-7-8-11-12-9(2,3)10(4,5)13-11;7-5(8)4-2-1-3-6-4/h6-8H2,1-5H3;4,6H,1-3H2,(H,7,8). The molecule has 2 fully saturated rings. The largest absolute Gasteiger partial charge is 0.480 e. The van der Waals surface area contributed by atoms with Crippen molar-refractivity contribution in [3.05, 3.63) is 0 Å². The Balaban J connectivity index is 0.000000235. The summed E-state index contributed by atoms with van der Waals surface area (Å²) in [6.07, 6.45) is 5.18. The second-order valence-corrected chi connectivity index (χ2v) is 6.82. The van der Waals surface area contributed by atoms with Crippen molar-refractivity contribution in [3.63, 3.8) is 0 Å². The summed E-state index contributed by atoms with van der Waals surface area (Å²) in [7, 11) is 0.00458. The van der Waals surface area contributed by atoms with Crippen LogP contribution in [0.1, 0.15) is 60.3 Å². The minimum absolute atomic E-state index is 0.00458. The van der Waals surface area contributed by atoms with Crippen molar-refractivity contribution >= 4 is 13.1 Å². The molecule has 2 rings (SSSR count). The lowest BCUT2D eigenvalue weighted by Gasteiger charge is -2.32. The molecule has 1 atom stereocenters. The summed E-state index contributed by atoms with van der Waals surface area (Å²) in [5, 5.41) is 11.2. The molecule has 0 saturated carbocycles. The first-order valence-corrected chi connectivity index (χ1v) is 8.01. The first kappa shape index (κ1) is 18.5. The predicted octanol–water partition coefficient (Wildman–Crippen LogP) is 2.70. The molecule has 6 heteroatoms. The second-order valence-electron chi connectivity index (χ2n) is 6.82. The van der Waals surface area contributed by atoms with Gasteiger partial charge in [0.25, 0.3) is 0 Å². The highest BCUT2D eigenvalue weighted by Gasteiger charge is 2.50. The van der Waals surface area contributed by atoms with E-state index in [1.165, 1.54) is 12.8 Å². The van der Waals surface area contributed by atoms with Crippen molar-refractivity contribution in [1.82, 2.24) is 5.32 Å². The fraction of sp³-hybridized carbons (Fsp3) is 0.933. The van der Waals surface area contributed by atoms with E-state index >= 15 is 0 Å². The minimum Gasteiger partial charge on any atom is -0.480 e. The molecule has 0 aromatic rings. The number of carboxylic acid groups (broad SMARTS) is 1. The highest BCUT2D eigenvalue weighted by Crippen LogP contribution is 2.37. The average Bonchev–Trinajstić information content (AvgIpc) is 2.95. The third-order valence-corrected chi connectivity index (χ3v) is 4.45. The third kappa shape index (κ3) is 5.27. The van der Waals surface area contributed by atoms with Gasteiger partial charge in [0.15, 0.2) is 0 Å². The van der Waals surface area contributed by atoms with Gasteiger partial charge in [-0.25, -0.2) is 0 Å². The number of carboxylic acids is 1. The topological polar surface area (TPSA) is 67.8 Å². The van der Waals surface area contributed by atoms with E-state index in [1.54, 1.807) is 0 Å². The van der Waals surface area contributed by atoms with E-state index in [4.69, 9.17) is 14.4 Å². The van der Waals surface area contributed by atoms with E-state index in [2.05, 4.69) is 39.9 Å². The minimum atomic E-state index is -0.720. The van der Waals surface area contributed by atoms with Crippen LogP contribution in [0.4, 0.5) is 0 Å². The molecule has 2 saturated heterocycles. The van der Waals surface area contributed by atoms with Gasteiger partial charge >= 0.3 is 13.1 Å². The summed E-state index contributed by atoms with van der Waals surface area (Å²) in [4.78, 5) is 10.1. The van der Waals surface area contributed by atoms with Crippen LogP contribution in [0, 0.1) is 0 Å². The Bertz CT molecular complexity index is 325. The lowest BCUT2D eigenvalue weighted by atomic mass is 9.82. The van der Waals surface area contributed by atoms with Crippen molar-refractivity contribution in [3.8, 4) is 0 Å². The number of unbranched alkanes of at least 4 members (excludes halogenated alkanes) is 1. The van der Waals surface area contributed by atoms with E-state index in [0.717, 1.165) is 25.7 Å². The first-order chi connectivity index (χ1) is 9.69. The molecule has 0 radical (unpaired) electrons. The maximum atomic E-state index is 10.1. The molecule has 21 heavy (non-hydrogen) atoms. The van der Waals surface area contributed by atoms with Crippen LogP contribution >= 0.6 is 0 Å². The van der Waals surface area contributed by atoms with Crippen LogP contribution in [0.15, 0.2) is 0 Å². The summed E-state index contributed by atoms with van der Waals surface area (Å²) < 4.78 is 11.7. The lowest BCUT2D eigenvalue weighted by molar-refractivity contribution is -0.139. The summed E-state index contributed by atoms with van der Waals surface area (Å²) in [5.74, 6) is -0.720. The van der Waals surface area contributed by atoms with Crippen molar-refractivity contribution in [2.45, 2.75) is 83.9 Å². The number of carbonyl (C=O) groups is 1. The molecule has 2 aliphatic rings. The van der Waals surface area contributed by atoms with Crippen LogP contribution in [0.3, 0.4) is 0 Å². The van der Waals surface area contributed by atoms with Gasteiger partial charge in [-0.1, -0.05) is 19.8 Å². The second kappa shape index (κ2) is 7.61. The Kier molecular flexibility index (Phi) is 6.69. The average molecular weight is 299 g/mol. The Labute approximate surface area is 128 Å². The summed E-state index contributed by atoms with van der Waals surface area (Å²) in [6.45, 7) is 11.4. The molecular weight excluding hydrogens is 269 g/mol. The molecule has 1 unspecified atom stereocenters. The molecule has 0 bridgehead atoms. The summed E-state index contributed by atoms with van der Waals surface area (Å²) >= 11 is 0. The smallest absolute Gasteiger partial charge is 0.457 e. The molecule has 2 aliphatic heterocycles. The van der Waals surface area contributed by atoms with Crippen LogP contribution in [-0.2, 0) is 14.1 Å². The number of nitrogens with one attached hydrogen (secondary N) is 1. The molecule has 0 aromatic heterocycles. The molecule has 0 amide bonds. The van der Waals surface area contributed by atoms with Gasteiger partial charge in [-0.3, -0.25) is 4.79 Å². The fourth-order valence-corrected chi connectivity index (χ4v) is 2.35. The highest BCUT2D eigenvalue weighted by atomic mass is 16.7. The van der Waals surface area contributed by atoms with E-state index in [9.17, 15) is 4.79 Å². The summed E-state index contributed by atoms with van der Waals surface area (Å²) in [5.41, 5.74) is -0.323. The zero-order valence-corrected chi connectivity index (χ0v) is 14.1. The Morgan fingerprint density at radius 3 is 2.19 bits per heavy atom. The van der Waals surface area contributed by atoms with Gasteiger partial charge in [0.1, 0.15) is 6.04 Å². The Morgan fingerprint density at radius 2 is 1.86 bits per heavy atom. The van der Waals surface area contributed by atoms with Gasteiger partial charge in [0, 0.05) is 0 Å². The molecule has 122 valence electrons. The van der Waals surface area contributed by atoms with E-state index in [1.807, 2.05) is 0 Å². The normalized spacial score (nSPS) is 26.3. The van der Waals surface area contributed by atoms with Crippen molar-refractivity contribution in [2.75, 3.05) is 6.54 Å².